The number of amides is 1. The van der Waals surface area contributed by atoms with Gasteiger partial charge >= 0.3 is 0 Å². The quantitative estimate of drug-likeness (QED) is 0.679. The van der Waals surface area contributed by atoms with Crippen LogP contribution in [0.5, 0.6) is 0 Å². The lowest BCUT2D eigenvalue weighted by Gasteiger charge is -2.02. The number of anilines is 1. The van der Waals surface area contributed by atoms with Crippen molar-refractivity contribution in [3.8, 4) is 0 Å². The number of ketones is 1. The summed E-state index contributed by atoms with van der Waals surface area (Å²) in [7, 11) is 0. The van der Waals surface area contributed by atoms with Crippen LogP contribution in [0.2, 0.25) is 0 Å². The highest BCUT2D eigenvalue weighted by Gasteiger charge is 2.12. The molecule has 0 aliphatic heterocycles. The van der Waals surface area contributed by atoms with Gasteiger partial charge in [-0.3, -0.25) is 9.59 Å². The molecule has 0 radical (unpaired) electrons. The fourth-order valence-corrected chi connectivity index (χ4v) is 3.92. The Labute approximate surface area is 151 Å². The maximum Gasteiger partial charge on any atom is 0.236 e. The second kappa shape index (κ2) is 9.59. The van der Waals surface area contributed by atoms with Crippen LogP contribution in [0.3, 0.4) is 0 Å². The molecule has 0 fully saturated rings. The fraction of sp³-hybridized carbons (Fsp3) is 0.389. The van der Waals surface area contributed by atoms with Gasteiger partial charge in [-0.05, 0) is 12.8 Å². The van der Waals surface area contributed by atoms with Crippen molar-refractivity contribution in [2.45, 2.75) is 33.1 Å². The fourth-order valence-electron chi connectivity index (χ4n) is 2.24. The van der Waals surface area contributed by atoms with Crippen LogP contribution in [0, 0.1) is 0 Å². The Hall–Kier alpha value is -1.66. The minimum atomic E-state index is -0.111. The number of carbonyl (C=O) groups is 2. The zero-order chi connectivity index (χ0) is 17.4. The van der Waals surface area contributed by atoms with Gasteiger partial charge in [0.1, 0.15) is 0 Å². The van der Waals surface area contributed by atoms with E-state index >= 15 is 0 Å². The maximum atomic E-state index is 12.0. The van der Waals surface area contributed by atoms with Crippen molar-refractivity contribution >= 4 is 39.9 Å². The average Bonchev–Trinajstić information content (AvgIpc) is 2.97. The molecule has 0 aliphatic carbocycles. The van der Waals surface area contributed by atoms with Gasteiger partial charge < -0.3 is 5.32 Å². The van der Waals surface area contributed by atoms with Gasteiger partial charge in [0.2, 0.25) is 5.91 Å². The van der Waals surface area contributed by atoms with E-state index in [2.05, 4.69) is 24.1 Å². The monoisotopic (exact) mass is 362 g/mol. The Balaban J connectivity index is 1.80. The van der Waals surface area contributed by atoms with Crippen LogP contribution in [0.25, 0.3) is 0 Å². The van der Waals surface area contributed by atoms with Gasteiger partial charge in [0.05, 0.1) is 17.2 Å². The number of nitrogens with one attached hydrogen (secondary N) is 1. The van der Waals surface area contributed by atoms with E-state index < -0.39 is 0 Å². The van der Waals surface area contributed by atoms with Crippen LogP contribution in [0.1, 0.15) is 41.2 Å². The number of thioether (sulfide) groups is 1. The van der Waals surface area contributed by atoms with Crippen LogP contribution in [0.4, 0.5) is 5.13 Å². The van der Waals surface area contributed by atoms with Crippen molar-refractivity contribution in [1.82, 2.24) is 4.98 Å². The molecule has 4 nitrogen and oxygen atoms in total. The standard InChI is InChI=1S/C18H22N2O2S2/c1-3-8-14-16(4-2)24-18(19-14)20-17(22)12-23-11-15(21)13-9-6-5-7-10-13/h5-7,9-10H,3-4,8,11-12H2,1-2H3,(H,19,20,22). The van der Waals surface area contributed by atoms with Crippen molar-refractivity contribution in [3.63, 3.8) is 0 Å². The Morgan fingerprint density at radius 3 is 2.58 bits per heavy atom. The molecule has 0 spiro atoms. The smallest absolute Gasteiger partial charge is 0.236 e. The predicted octanol–water partition coefficient (Wildman–Crippen LogP) is 4.21. The summed E-state index contributed by atoms with van der Waals surface area (Å²) in [6.07, 6.45) is 2.92. The van der Waals surface area contributed by atoms with Crippen LogP contribution in [-0.4, -0.2) is 28.2 Å². The normalized spacial score (nSPS) is 10.6. The molecule has 1 heterocycles. The van der Waals surface area contributed by atoms with E-state index in [-0.39, 0.29) is 17.4 Å². The Kier molecular flexibility index (Phi) is 7.46. The largest absolute Gasteiger partial charge is 0.301 e. The molecule has 6 heteroatoms. The third-order valence-corrected chi connectivity index (χ3v) is 5.48. The predicted molar refractivity (Wildman–Crippen MR) is 102 cm³/mol. The number of hydrogen-bond donors (Lipinski definition) is 1. The Morgan fingerprint density at radius 1 is 1.17 bits per heavy atom. The number of Topliss-reactive ketones (excluding diaryl/α,β-unsaturated/α-hetero) is 1. The molecule has 0 saturated heterocycles. The van der Waals surface area contributed by atoms with Crippen molar-refractivity contribution in [3.05, 3.63) is 46.5 Å². The summed E-state index contributed by atoms with van der Waals surface area (Å²) in [5.74, 6) is 0.487. The van der Waals surface area contributed by atoms with Crippen molar-refractivity contribution in [1.29, 1.82) is 0 Å². The number of rotatable bonds is 9. The number of benzene rings is 1. The van der Waals surface area contributed by atoms with Crippen LogP contribution in [-0.2, 0) is 17.6 Å². The van der Waals surface area contributed by atoms with Gasteiger partial charge in [-0.2, -0.15) is 0 Å². The van der Waals surface area contributed by atoms with E-state index in [4.69, 9.17) is 0 Å². The minimum Gasteiger partial charge on any atom is -0.301 e. The number of hydrogen-bond acceptors (Lipinski definition) is 5. The van der Waals surface area contributed by atoms with Crippen molar-refractivity contribution in [2.24, 2.45) is 0 Å². The maximum absolute atomic E-state index is 12.0. The third-order valence-electron chi connectivity index (χ3n) is 3.39. The SMILES string of the molecule is CCCc1nc(NC(=O)CSCC(=O)c2ccccc2)sc1CC. The number of nitrogens with zero attached hydrogens (tertiary/aromatic N) is 1. The molecule has 0 aliphatic rings. The van der Waals surface area contributed by atoms with E-state index in [1.165, 1.54) is 16.6 Å². The summed E-state index contributed by atoms with van der Waals surface area (Å²) in [4.78, 5) is 29.7. The van der Waals surface area contributed by atoms with Crippen molar-refractivity contribution in [2.75, 3.05) is 16.8 Å². The van der Waals surface area contributed by atoms with E-state index in [1.54, 1.807) is 23.5 Å². The lowest BCUT2D eigenvalue weighted by molar-refractivity contribution is -0.113. The zero-order valence-electron chi connectivity index (χ0n) is 14.0. The lowest BCUT2D eigenvalue weighted by atomic mass is 10.2. The van der Waals surface area contributed by atoms with Gasteiger partial charge in [0.15, 0.2) is 10.9 Å². The molecule has 0 atom stereocenters. The highest BCUT2D eigenvalue weighted by molar-refractivity contribution is 8.00. The second-order valence-corrected chi connectivity index (χ2v) is 7.39. The van der Waals surface area contributed by atoms with Crippen molar-refractivity contribution < 1.29 is 9.59 Å². The van der Waals surface area contributed by atoms with Crippen LogP contribution in [0.15, 0.2) is 30.3 Å². The molecule has 0 unspecified atom stereocenters. The van der Waals surface area contributed by atoms with Gasteiger partial charge in [0, 0.05) is 10.4 Å². The molecule has 1 amide bonds. The van der Waals surface area contributed by atoms with E-state index in [9.17, 15) is 9.59 Å². The minimum absolute atomic E-state index is 0.0427. The first-order valence-corrected chi connectivity index (χ1v) is 10.1. The van der Waals surface area contributed by atoms with Gasteiger partial charge in [-0.15, -0.1) is 23.1 Å². The molecule has 128 valence electrons. The summed E-state index contributed by atoms with van der Waals surface area (Å²) in [6.45, 7) is 4.22. The highest BCUT2D eigenvalue weighted by Crippen LogP contribution is 2.24. The van der Waals surface area contributed by atoms with Gasteiger partial charge in [0.25, 0.3) is 0 Å². The van der Waals surface area contributed by atoms with Crippen LogP contribution >= 0.6 is 23.1 Å². The number of aryl methyl sites for hydroxylation is 2. The molecule has 2 rings (SSSR count). The average molecular weight is 363 g/mol. The summed E-state index contributed by atoms with van der Waals surface area (Å²) >= 11 is 2.87. The van der Waals surface area contributed by atoms with Gasteiger partial charge in [-0.1, -0.05) is 50.6 Å². The molecule has 1 N–H and O–H groups in total. The van der Waals surface area contributed by atoms with E-state index in [0.29, 0.717) is 16.4 Å². The zero-order valence-corrected chi connectivity index (χ0v) is 15.6. The van der Waals surface area contributed by atoms with E-state index in [1.807, 2.05) is 18.2 Å². The molecule has 2 aromatic rings. The molecule has 0 bridgehead atoms. The first-order valence-electron chi connectivity index (χ1n) is 8.08. The lowest BCUT2D eigenvalue weighted by Crippen LogP contribution is -2.15. The second-order valence-electron chi connectivity index (χ2n) is 5.32. The topological polar surface area (TPSA) is 59.1 Å². The summed E-state index contributed by atoms with van der Waals surface area (Å²) in [5, 5.41) is 3.51. The number of carbonyl (C=O) groups excluding carboxylic acids is 2. The summed E-state index contributed by atoms with van der Waals surface area (Å²) in [6, 6.07) is 9.14. The van der Waals surface area contributed by atoms with Crippen LogP contribution < -0.4 is 5.32 Å². The molecule has 1 aromatic carbocycles. The summed E-state index contributed by atoms with van der Waals surface area (Å²) in [5.41, 5.74) is 1.77. The van der Waals surface area contributed by atoms with E-state index in [0.717, 1.165) is 25.0 Å². The Bertz CT molecular complexity index is 684. The number of aromatic nitrogens is 1. The third kappa shape index (κ3) is 5.46. The van der Waals surface area contributed by atoms with Gasteiger partial charge in [-0.25, -0.2) is 4.98 Å². The summed E-state index contributed by atoms with van der Waals surface area (Å²) < 4.78 is 0. The molecule has 0 saturated carbocycles. The first-order chi connectivity index (χ1) is 11.6. The molecular formula is C18H22N2O2S2. The molecular weight excluding hydrogens is 340 g/mol. The molecule has 24 heavy (non-hydrogen) atoms. The molecule has 1 aromatic heterocycles. The first kappa shape index (κ1) is 18.7. The number of thiazole rings is 1. The Morgan fingerprint density at radius 2 is 1.92 bits per heavy atom. The highest BCUT2D eigenvalue weighted by atomic mass is 32.2.